The van der Waals surface area contributed by atoms with Crippen molar-refractivity contribution in [1.82, 2.24) is 10.3 Å². The maximum atomic E-state index is 5.44. The second-order valence-electron chi connectivity index (χ2n) is 6.68. The van der Waals surface area contributed by atoms with Gasteiger partial charge in [0.1, 0.15) is 0 Å². The molecule has 1 atom stereocenters. The number of rotatable bonds is 2. The molecule has 3 nitrogen and oxygen atoms in total. The Morgan fingerprint density at radius 2 is 1.95 bits per heavy atom. The number of halogens is 1. The summed E-state index contributed by atoms with van der Waals surface area (Å²) in [7, 11) is 0. The van der Waals surface area contributed by atoms with Crippen molar-refractivity contribution < 1.29 is 0 Å². The fourth-order valence-corrected chi connectivity index (χ4v) is 2.60. The van der Waals surface area contributed by atoms with Crippen molar-refractivity contribution in [3.63, 3.8) is 0 Å². The minimum absolute atomic E-state index is 0. The van der Waals surface area contributed by atoms with Gasteiger partial charge in [0, 0.05) is 23.6 Å². The lowest BCUT2D eigenvalue weighted by Crippen LogP contribution is -2.43. The van der Waals surface area contributed by atoms with Crippen LogP contribution in [0.15, 0.2) is 12.3 Å². The van der Waals surface area contributed by atoms with Gasteiger partial charge in [-0.05, 0) is 61.9 Å². The number of aryl methyl sites for hydroxylation is 1. The minimum atomic E-state index is 0. The van der Waals surface area contributed by atoms with E-state index in [1.54, 1.807) is 0 Å². The molecule has 5 heteroatoms. The SMILES string of the molecule is CC(NC(=S)Nc1ccnc2c1CCCC2)C(C)(C)C.Cl. The van der Waals surface area contributed by atoms with Crippen LogP contribution in [0.5, 0.6) is 0 Å². The van der Waals surface area contributed by atoms with Gasteiger partial charge in [0.15, 0.2) is 5.11 Å². The molecule has 0 aliphatic heterocycles. The maximum Gasteiger partial charge on any atom is 0.171 e. The van der Waals surface area contributed by atoms with Crippen molar-refractivity contribution in [1.29, 1.82) is 0 Å². The lowest BCUT2D eigenvalue weighted by atomic mass is 9.88. The largest absolute Gasteiger partial charge is 0.359 e. The molecule has 0 saturated carbocycles. The number of nitrogens with zero attached hydrogens (tertiary/aromatic N) is 1. The lowest BCUT2D eigenvalue weighted by Gasteiger charge is -2.29. The van der Waals surface area contributed by atoms with Crippen LogP contribution in [0.25, 0.3) is 0 Å². The van der Waals surface area contributed by atoms with Crippen LogP contribution in [-0.4, -0.2) is 16.1 Å². The molecule has 0 fully saturated rings. The van der Waals surface area contributed by atoms with Crippen LogP contribution in [0.4, 0.5) is 5.69 Å². The second kappa shape index (κ2) is 7.41. The Bertz CT molecular complexity index is 497. The molecule has 1 heterocycles. The van der Waals surface area contributed by atoms with Gasteiger partial charge in [-0.1, -0.05) is 20.8 Å². The highest BCUT2D eigenvalue weighted by Gasteiger charge is 2.21. The van der Waals surface area contributed by atoms with Crippen molar-refractivity contribution in [3.8, 4) is 0 Å². The van der Waals surface area contributed by atoms with Crippen LogP contribution >= 0.6 is 24.6 Å². The summed E-state index contributed by atoms with van der Waals surface area (Å²) < 4.78 is 0. The zero-order chi connectivity index (χ0) is 14.8. The van der Waals surface area contributed by atoms with Gasteiger partial charge in [-0.2, -0.15) is 0 Å². The van der Waals surface area contributed by atoms with Crippen LogP contribution in [0.1, 0.15) is 51.8 Å². The van der Waals surface area contributed by atoms with Gasteiger partial charge in [0.2, 0.25) is 0 Å². The number of hydrogen-bond acceptors (Lipinski definition) is 2. The minimum Gasteiger partial charge on any atom is -0.359 e. The highest BCUT2D eigenvalue weighted by molar-refractivity contribution is 7.80. The lowest BCUT2D eigenvalue weighted by molar-refractivity contribution is 0.317. The Hall–Kier alpha value is -0.870. The van der Waals surface area contributed by atoms with Crippen molar-refractivity contribution in [2.24, 2.45) is 5.41 Å². The molecule has 0 saturated heterocycles. The highest BCUT2D eigenvalue weighted by atomic mass is 35.5. The molecule has 2 rings (SSSR count). The topological polar surface area (TPSA) is 37.0 Å². The van der Waals surface area contributed by atoms with E-state index in [1.165, 1.54) is 24.1 Å². The Kier molecular flexibility index (Phi) is 6.41. The fraction of sp³-hybridized carbons (Fsp3) is 0.625. The fourth-order valence-electron chi connectivity index (χ4n) is 2.31. The summed E-state index contributed by atoms with van der Waals surface area (Å²) in [5.41, 5.74) is 3.87. The average Bonchev–Trinajstić information content (AvgIpc) is 2.38. The number of hydrogen-bond donors (Lipinski definition) is 2. The molecule has 1 aromatic rings. The Morgan fingerprint density at radius 3 is 2.62 bits per heavy atom. The van der Waals surface area contributed by atoms with E-state index in [0.717, 1.165) is 18.5 Å². The molecule has 1 unspecified atom stereocenters. The van der Waals surface area contributed by atoms with Crippen molar-refractivity contribution in [2.45, 2.75) is 59.4 Å². The zero-order valence-electron chi connectivity index (χ0n) is 13.3. The number of thiocarbonyl (C=S) groups is 1. The zero-order valence-corrected chi connectivity index (χ0v) is 15.0. The first-order valence-corrected chi connectivity index (χ1v) is 7.83. The van der Waals surface area contributed by atoms with E-state index in [4.69, 9.17) is 12.2 Å². The molecule has 118 valence electrons. The molecule has 0 bridgehead atoms. The van der Waals surface area contributed by atoms with Crippen LogP contribution in [0.3, 0.4) is 0 Å². The van der Waals surface area contributed by atoms with Gasteiger partial charge in [-0.25, -0.2) is 0 Å². The smallest absolute Gasteiger partial charge is 0.171 e. The van der Waals surface area contributed by atoms with Crippen LogP contribution in [0.2, 0.25) is 0 Å². The number of aromatic nitrogens is 1. The third kappa shape index (κ3) is 4.82. The van der Waals surface area contributed by atoms with Crippen molar-refractivity contribution >= 4 is 35.4 Å². The Labute approximate surface area is 139 Å². The maximum absolute atomic E-state index is 5.44. The molecule has 1 aliphatic rings. The van der Waals surface area contributed by atoms with Gasteiger partial charge in [0.25, 0.3) is 0 Å². The van der Waals surface area contributed by atoms with Gasteiger partial charge >= 0.3 is 0 Å². The predicted octanol–water partition coefficient (Wildman–Crippen LogP) is 4.10. The summed E-state index contributed by atoms with van der Waals surface area (Å²) in [5, 5.41) is 7.43. The monoisotopic (exact) mass is 327 g/mol. The van der Waals surface area contributed by atoms with Crippen LogP contribution in [-0.2, 0) is 12.8 Å². The van der Waals surface area contributed by atoms with Gasteiger partial charge in [0.05, 0.1) is 0 Å². The highest BCUT2D eigenvalue weighted by Crippen LogP contribution is 2.26. The molecule has 1 aliphatic carbocycles. The average molecular weight is 328 g/mol. The van der Waals surface area contributed by atoms with Gasteiger partial charge in [-0.3, -0.25) is 4.98 Å². The Morgan fingerprint density at radius 1 is 1.29 bits per heavy atom. The summed E-state index contributed by atoms with van der Waals surface area (Å²) in [6.07, 6.45) is 6.55. The molecule has 2 N–H and O–H groups in total. The summed E-state index contributed by atoms with van der Waals surface area (Å²) in [5.74, 6) is 0. The van der Waals surface area contributed by atoms with Gasteiger partial charge < -0.3 is 10.6 Å². The third-order valence-electron chi connectivity index (χ3n) is 4.13. The van der Waals surface area contributed by atoms with Crippen LogP contribution < -0.4 is 10.6 Å². The summed E-state index contributed by atoms with van der Waals surface area (Å²) in [4.78, 5) is 4.48. The Balaban J connectivity index is 0.00000220. The summed E-state index contributed by atoms with van der Waals surface area (Å²) in [6, 6.07) is 2.35. The number of fused-ring (bicyclic) bond motifs is 1. The summed E-state index contributed by atoms with van der Waals surface area (Å²) in [6.45, 7) is 8.79. The third-order valence-corrected chi connectivity index (χ3v) is 4.35. The summed E-state index contributed by atoms with van der Waals surface area (Å²) >= 11 is 5.44. The molecule has 1 aromatic heterocycles. The normalized spacial score (nSPS) is 15.4. The number of anilines is 1. The van der Waals surface area contributed by atoms with E-state index in [2.05, 4.69) is 43.3 Å². The first-order valence-electron chi connectivity index (χ1n) is 7.42. The van der Waals surface area contributed by atoms with E-state index in [0.29, 0.717) is 11.2 Å². The van der Waals surface area contributed by atoms with E-state index in [9.17, 15) is 0 Å². The van der Waals surface area contributed by atoms with E-state index in [-0.39, 0.29) is 17.8 Å². The quantitative estimate of drug-likeness (QED) is 0.802. The second-order valence-corrected chi connectivity index (χ2v) is 7.09. The van der Waals surface area contributed by atoms with E-state index >= 15 is 0 Å². The van der Waals surface area contributed by atoms with Crippen LogP contribution in [0, 0.1) is 5.41 Å². The molecule has 0 radical (unpaired) electrons. The molecule has 21 heavy (non-hydrogen) atoms. The van der Waals surface area contributed by atoms with Crippen molar-refractivity contribution in [3.05, 3.63) is 23.5 Å². The van der Waals surface area contributed by atoms with E-state index < -0.39 is 0 Å². The molecular formula is C16H26ClN3S. The molecular weight excluding hydrogens is 302 g/mol. The number of pyridine rings is 1. The standard InChI is InChI=1S/C16H25N3S.ClH/c1-11(16(2,3)4)18-15(20)19-14-9-10-17-13-8-6-5-7-12(13)14;/h9-11H,5-8H2,1-4H3,(H2,17,18,19,20);1H. The molecule has 0 amide bonds. The first kappa shape index (κ1) is 18.2. The first-order chi connectivity index (χ1) is 9.38. The van der Waals surface area contributed by atoms with Gasteiger partial charge in [-0.15, -0.1) is 12.4 Å². The number of nitrogens with one attached hydrogen (secondary N) is 2. The van der Waals surface area contributed by atoms with E-state index in [1.807, 2.05) is 12.3 Å². The molecule has 0 aromatic carbocycles. The molecule has 0 spiro atoms. The van der Waals surface area contributed by atoms with Crippen molar-refractivity contribution in [2.75, 3.05) is 5.32 Å². The predicted molar refractivity (Wildman–Crippen MR) is 96.4 cm³/mol.